The Morgan fingerprint density at radius 2 is 2.04 bits per heavy atom. The molecule has 2 N–H and O–H groups in total. The number of nitrogens with zero attached hydrogens (tertiary/aromatic N) is 2. The standard InChI is InChI=1S/C15H17N3O5/c1-3-13-17-12(18-23-13)8-22-11-6-4-10(5-7-11)14(19)16-9(2)15(20)21/h4-7,9H,3,8H2,1-2H3,(H,16,19)(H,20,21). The highest BCUT2D eigenvalue weighted by atomic mass is 16.5. The molecule has 1 aromatic heterocycles. The van der Waals surface area contributed by atoms with Crippen LogP contribution in [0.1, 0.15) is 35.9 Å². The number of hydrogen-bond donors (Lipinski definition) is 2. The fraction of sp³-hybridized carbons (Fsp3) is 0.333. The Hall–Kier alpha value is -2.90. The van der Waals surface area contributed by atoms with Gasteiger partial charge in [0.05, 0.1) is 0 Å². The van der Waals surface area contributed by atoms with Crippen molar-refractivity contribution in [1.29, 1.82) is 0 Å². The van der Waals surface area contributed by atoms with Crippen LogP contribution in [0.25, 0.3) is 0 Å². The largest absolute Gasteiger partial charge is 0.485 e. The fourth-order valence-electron chi connectivity index (χ4n) is 1.68. The number of nitrogens with one attached hydrogen (secondary N) is 1. The summed E-state index contributed by atoms with van der Waals surface area (Å²) in [5.74, 6) is -0.0279. The van der Waals surface area contributed by atoms with Gasteiger partial charge in [0.25, 0.3) is 5.91 Å². The molecule has 8 heteroatoms. The average Bonchev–Trinajstić information content (AvgIpc) is 3.01. The lowest BCUT2D eigenvalue weighted by atomic mass is 10.2. The van der Waals surface area contributed by atoms with Crippen LogP contribution in [-0.2, 0) is 17.8 Å². The van der Waals surface area contributed by atoms with Gasteiger partial charge in [-0.15, -0.1) is 0 Å². The predicted octanol–water partition coefficient (Wildman–Crippen LogP) is 1.41. The summed E-state index contributed by atoms with van der Waals surface area (Å²) in [7, 11) is 0. The van der Waals surface area contributed by atoms with Gasteiger partial charge in [-0.25, -0.2) is 0 Å². The molecule has 0 spiro atoms. The van der Waals surface area contributed by atoms with E-state index >= 15 is 0 Å². The second-order valence-corrected chi connectivity index (χ2v) is 4.80. The lowest BCUT2D eigenvalue weighted by Crippen LogP contribution is -2.38. The third-order valence-electron chi connectivity index (χ3n) is 3.02. The van der Waals surface area contributed by atoms with E-state index < -0.39 is 17.9 Å². The minimum absolute atomic E-state index is 0.158. The van der Waals surface area contributed by atoms with Crippen LogP contribution in [0, 0.1) is 0 Å². The van der Waals surface area contributed by atoms with Crippen LogP contribution in [-0.4, -0.2) is 33.2 Å². The molecule has 0 fully saturated rings. The summed E-state index contributed by atoms with van der Waals surface area (Å²) in [6.07, 6.45) is 0.658. The summed E-state index contributed by atoms with van der Waals surface area (Å²) < 4.78 is 10.5. The van der Waals surface area contributed by atoms with E-state index in [9.17, 15) is 9.59 Å². The van der Waals surface area contributed by atoms with Gasteiger partial charge in [0.1, 0.15) is 11.8 Å². The maximum Gasteiger partial charge on any atom is 0.325 e. The molecule has 2 rings (SSSR count). The molecule has 0 radical (unpaired) electrons. The number of carboxylic acid groups (broad SMARTS) is 1. The first-order valence-electron chi connectivity index (χ1n) is 7.07. The fourth-order valence-corrected chi connectivity index (χ4v) is 1.68. The predicted molar refractivity (Wildman–Crippen MR) is 79.0 cm³/mol. The monoisotopic (exact) mass is 319 g/mol. The number of aliphatic carboxylic acids is 1. The van der Waals surface area contributed by atoms with E-state index in [1.165, 1.54) is 6.92 Å². The minimum Gasteiger partial charge on any atom is -0.485 e. The van der Waals surface area contributed by atoms with E-state index in [4.69, 9.17) is 14.4 Å². The molecule has 8 nitrogen and oxygen atoms in total. The minimum atomic E-state index is -1.09. The SMILES string of the molecule is CCc1nc(COc2ccc(C(=O)NC(C)C(=O)O)cc2)no1. The summed E-state index contributed by atoms with van der Waals surface area (Å²) in [6.45, 7) is 3.46. The zero-order valence-electron chi connectivity index (χ0n) is 12.8. The number of ether oxygens (including phenoxy) is 1. The van der Waals surface area contributed by atoms with Gasteiger partial charge in [-0.3, -0.25) is 9.59 Å². The Morgan fingerprint density at radius 1 is 1.35 bits per heavy atom. The summed E-state index contributed by atoms with van der Waals surface area (Å²) in [5, 5.41) is 14.9. The quantitative estimate of drug-likeness (QED) is 0.793. The maximum absolute atomic E-state index is 11.8. The zero-order chi connectivity index (χ0) is 16.8. The van der Waals surface area contributed by atoms with Crippen LogP contribution in [0.5, 0.6) is 5.75 Å². The molecule has 0 saturated heterocycles. The normalized spacial score (nSPS) is 11.7. The Bertz CT molecular complexity index is 681. The van der Waals surface area contributed by atoms with Crippen molar-refractivity contribution >= 4 is 11.9 Å². The maximum atomic E-state index is 11.8. The van der Waals surface area contributed by atoms with E-state index in [2.05, 4.69) is 15.5 Å². The molecule has 1 atom stereocenters. The van der Waals surface area contributed by atoms with Gasteiger partial charge in [0.15, 0.2) is 6.61 Å². The molecule has 1 unspecified atom stereocenters. The molecule has 1 aromatic carbocycles. The van der Waals surface area contributed by atoms with E-state index in [-0.39, 0.29) is 6.61 Å². The number of carbonyl (C=O) groups excluding carboxylic acids is 1. The Kier molecular flexibility index (Phi) is 5.29. The third-order valence-corrected chi connectivity index (χ3v) is 3.02. The van der Waals surface area contributed by atoms with E-state index in [0.29, 0.717) is 29.4 Å². The van der Waals surface area contributed by atoms with Gasteiger partial charge >= 0.3 is 5.97 Å². The number of benzene rings is 1. The molecule has 122 valence electrons. The molecule has 23 heavy (non-hydrogen) atoms. The second-order valence-electron chi connectivity index (χ2n) is 4.80. The molecule has 1 amide bonds. The zero-order valence-corrected chi connectivity index (χ0v) is 12.8. The molecular formula is C15H17N3O5. The van der Waals surface area contributed by atoms with E-state index in [0.717, 1.165) is 0 Å². The number of rotatable bonds is 7. The first-order valence-corrected chi connectivity index (χ1v) is 7.07. The number of carboxylic acids is 1. The van der Waals surface area contributed by atoms with Crippen molar-refractivity contribution in [3.05, 3.63) is 41.5 Å². The number of aromatic nitrogens is 2. The molecule has 0 aliphatic heterocycles. The first kappa shape index (κ1) is 16.5. The summed E-state index contributed by atoms with van der Waals surface area (Å²) >= 11 is 0. The molecule has 0 aliphatic carbocycles. The highest BCUT2D eigenvalue weighted by Crippen LogP contribution is 2.14. The van der Waals surface area contributed by atoms with Crippen molar-refractivity contribution in [3.63, 3.8) is 0 Å². The summed E-state index contributed by atoms with van der Waals surface area (Å²) in [4.78, 5) is 26.7. The Labute approximate surface area is 132 Å². The van der Waals surface area contributed by atoms with Crippen LogP contribution < -0.4 is 10.1 Å². The molecule has 0 saturated carbocycles. The van der Waals surface area contributed by atoms with Crippen molar-refractivity contribution in [2.75, 3.05) is 0 Å². The topological polar surface area (TPSA) is 115 Å². The highest BCUT2D eigenvalue weighted by Gasteiger charge is 2.15. The summed E-state index contributed by atoms with van der Waals surface area (Å²) in [6, 6.07) is 5.37. The smallest absolute Gasteiger partial charge is 0.325 e. The van der Waals surface area contributed by atoms with Gasteiger partial charge in [-0.2, -0.15) is 4.98 Å². The number of hydrogen-bond acceptors (Lipinski definition) is 6. The number of amides is 1. The number of aryl methyl sites for hydroxylation is 1. The lowest BCUT2D eigenvalue weighted by Gasteiger charge is -2.09. The van der Waals surface area contributed by atoms with Crippen LogP contribution >= 0.6 is 0 Å². The molecule has 0 aliphatic rings. The van der Waals surface area contributed by atoms with Gasteiger partial charge in [0, 0.05) is 12.0 Å². The van der Waals surface area contributed by atoms with Crippen molar-refractivity contribution in [3.8, 4) is 5.75 Å². The van der Waals surface area contributed by atoms with E-state index in [1.807, 2.05) is 6.92 Å². The van der Waals surface area contributed by atoms with Gasteiger partial charge in [0.2, 0.25) is 11.7 Å². The molecule has 0 bridgehead atoms. The second kappa shape index (κ2) is 7.39. The van der Waals surface area contributed by atoms with Gasteiger partial charge in [-0.05, 0) is 31.2 Å². The van der Waals surface area contributed by atoms with Crippen LogP contribution in [0.3, 0.4) is 0 Å². The lowest BCUT2D eigenvalue weighted by molar-refractivity contribution is -0.138. The highest BCUT2D eigenvalue weighted by molar-refractivity contribution is 5.96. The van der Waals surface area contributed by atoms with Crippen LogP contribution in [0.2, 0.25) is 0 Å². The van der Waals surface area contributed by atoms with Crippen LogP contribution in [0.15, 0.2) is 28.8 Å². The van der Waals surface area contributed by atoms with E-state index in [1.54, 1.807) is 24.3 Å². The van der Waals surface area contributed by atoms with Gasteiger partial charge < -0.3 is 19.7 Å². The molecular weight excluding hydrogens is 302 g/mol. The number of carbonyl (C=O) groups is 2. The third kappa shape index (κ3) is 4.53. The van der Waals surface area contributed by atoms with Crippen LogP contribution in [0.4, 0.5) is 0 Å². The van der Waals surface area contributed by atoms with Crippen molar-refractivity contribution in [2.45, 2.75) is 32.9 Å². The first-order chi connectivity index (χ1) is 11.0. The average molecular weight is 319 g/mol. The Morgan fingerprint density at radius 3 is 2.61 bits per heavy atom. The summed E-state index contributed by atoms with van der Waals surface area (Å²) in [5.41, 5.74) is 0.346. The Balaban J connectivity index is 1.91. The van der Waals surface area contributed by atoms with Crippen molar-refractivity contribution in [1.82, 2.24) is 15.5 Å². The molecule has 1 heterocycles. The van der Waals surface area contributed by atoms with Crippen molar-refractivity contribution < 1.29 is 24.0 Å². The van der Waals surface area contributed by atoms with Crippen molar-refractivity contribution in [2.24, 2.45) is 0 Å². The van der Waals surface area contributed by atoms with Gasteiger partial charge in [-0.1, -0.05) is 12.1 Å². The molecule has 2 aromatic rings.